The molecule has 1 aromatic carbocycles. The van der Waals surface area contributed by atoms with Crippen LogP contribution < -0.4 is 10.6 Å². The molecule has 25 heavy (non-hydrogen) atoms. The highest BCUT2D eigenvalue weighted by Crippen LogP contribution is 2.12. The van der Waals surface area contributed by atoms with E-state index in [1.54, 1.807) is 10.4 Å². The molecule has 2 aromatic rings. The highest BCUT2D eigenvalue weighted by molar-refractivity contribution is 7.99. The molecule has 1 saturated heterocycles. The van der Waals surface area contributed by atoms with Gasteiger partial charge in [0.2, 0.25) is 11.0 Å². The van der Waals surface area contributed by atoms with Gasteiger partial charge in [-0.05, 0) is 5.56 Å². The highest BCUT2D eigenvalue weighted by atomic mass is 32.2. The van der Waals surface area contributed by atoms with Crippen molar-refractivity contribution in [3.8, 4) is 0 Å². The van der Waals surface area contributed by atoms with Crippen molar-refractivity contribution in [1.82, 2.24) is 20.4 Å². The van der Waals surface area contributed by atoms with Crippen molar-refractivity contribution in [3.63, 3.8) is 0 Å². The van der Waals surface area contributed by atoms with Crippen LogP contribution in [0.1, 0.15) is 5.56 Å². The average molecular weight is 377 g/mol. The number of anilines is 1. The largest absolute Gasteiger partial charge is 0.326 e. The monoisotopic (exact) mass is 377 g/mol. The number of carbonyl (C=O) groups excluding carboxylic acids is 2. The summed E-state index contributed by atoms with van der Waals surface area (Å²) in [5.74, 6) is 1.56. The standard InChI is InChI=1S/C16H19N5O2S2/c22-14(19-15-20-17-11-25-15)13(10-12-4-2-1-3-5-12)18-16(23)21-6-8-24-9-7-21/h1-5,11,13H,6-10H2,(H,18,23)(H,19,20,22)/t13-/m1/s1. The third kappa shape index (κ3) is 5.17. The van der Waals surface area contributed by atoms with Crippen LogP contribution in [-0.4, -0.2) is 57.7 Å². The molecule has 0 saturated carbocycles. The SMILES string of the molecule is O=C(Nc1nncs1)[C@@H](Cc1ccccc1)NC(=O)N1CCSCC1. The molecular formula is C16H19N5O2S2. The number of thioether (sulfide) groups is 1. The van der Waals surface area contributed by atoms with Gasteiger partial charge < -0.3 is 10.2 Å². The van der Waals surface area contributed by atoms with E-state index in [9.17, 15) is 9.59 Å². The minimum Gasteiger partial charge on any atom is -0.326 e. The van der Waals surface area contributed by atoms with Gasteiger partial charge in [-0.1, -0.05) is 41.7 Å². The molecule has 2 N–H and O–H groups in total. The lowest BCUT2D eigenvalue weighted by molar-refractivity contribution is -0.118. The second-order valence-electron chi connectivity index (χ2n) is 5.52. The van der Waals surface area contributed by atoms with Crippen LogP contribution in [0.2, 0.25) is 0 Å². The summed E-state index contributed by atoms with van der Waals surface area (Å²) in [6.07, 6.45) is 0.416. The lowest BCUT2D eigenvalue weighted by Gasteiger charge is -2.28. The van der Waals surface area contributed by atoms with Gasteiger partial charge in [-0.25, -0.2) is 4.79 Å². The Morgan fingerprint density at radius 2 is 1.96 bits per heavy atom. The van der Waals surface area contributed by atoms with Gasteiger partial charge in [-0.2, -0.15) is 11.8 Å². The number of nitrogens with zero attached hydrogens (tertiary/aromatic N) is 3. The van der Waals surface area contributed by atoms with Crippen molar-refractivity contribution >= 4 is 40.2 Å². The molecule has 132 valence electrons. The van der Waals surface area contributed by atoms with E-state index in [0.717, 1.165) is 17.1 Å². The molecule has 9 heteroatoms. The molecular weight excluding hydrogens is 358 g/mol. The number of carbonyl (C=O) groups is 2. The summed E-state index contributed by atoms with van der Waals surface area (Å²) in [5.41, 5.74) is 2.53. The summed E-state index contributed by atoms with van der Waals surface area (Å²) in [6.45, 7) is 1.40. The van der Waals surface area contributed by atoms with Crippen molar-refractivity contribution in [2.45, 2.75) is 12.5 Å². The molecule has 7 nitrogen and oxygen atoms in total. The molecule has 1 fully saturated rings. The van der Waals surface area contributed by atoms with Gasteiger partial charge in [0.1, 0.15) is 11.6 Å². The lowest BCUT2D eigenvalue weighted by Crippen LogP contribution is -2.52. The van der Waals surface area contributed by atoms with Crippen LogP contribution in [0.15, 0.2) is 35.8 Å². The average Bonchev–Trinajstić information content (AvgIpc) is 3.15. The van der Waals surface area contributed by atoms with Crippen molar-refractivity contribution < 1.29 is 9.59 Å². The van der Waals surface area contributed by atoms with Crippen LogP contribution in [0, 0.1) is 0 Å². The first-order valence-electron chi connectivity index (χ1n) is 7.96. The van der Waals surface area contributed by atoms with E-state index in [1.165, 1.54) is 11.3 Å². The Kier molecular flexibility index (Phi) is 6.24. The zero-order valence-corrected chi connectivity index (χ0v) is 15.2. The lowest BCUT2D eigenvalue weighted by atomic mass is 10.1. The molecule has 3 amide bonds. The van der Waals surface area contributed by atoms with Crippen LogP contribution in [-0.2, 0) is 11.2 Å². The van der Waals surface area contributed by atoms with Gasteiger partial charge in [0.15, 0.2) is 0 Å². The van der Waals surface area contributed by atoms with Crippen LogP contribution in [0.4, 0.5) is 9.93 Å². The molecule has 0 bridgehead atoms. The molecule has 0 radical (unpaired) electrons. The van der Waals surface area contributed by atoms with Gasteiger partial charge >= 0.3 is 6.03 Å². The fourth-order valence-corrected chi connectivity index (χ4v) is 3.84. The molecule has 1 aliphatic heterocycles. The molecule has 2 heterocycles. The van der Waals surface area contributed by atoms with E-state index < -0.39 is 6.04 Å². The number of hydrogen-bond acceptors (Lipinski definition) is 6. The highest BCUT2D eigenvalue weighted by Gasteiger charge is 2.25. The number of nitrogens with one attached hydrogen (secondary N) is 2. The Labute approximate surface area is 154 Å². The van der Waals surface area contributed by atoms with Crippen LogP contribution in [0.5, 0.6) is 0 Å². The maximum absolute atomic E-state index is 12.6. The molecule has 0 aliphatic carbocycles. The Bertz CT molecular complexity index is 690. The summed E-state index contributed by atoms with van der Waals surface area (Å²) in [6, 6.07) is 8.76. The molecule has 1 aliphatic rings. The van der Waals surface area contributed by atoms with Gasteiger partial charge in [0.05, 0.1) is 0 Å². The zero-order valence-electron chi connectivity index (χ0n) is 13.6. The molecule has 1 atom stereocenters. The number of rotatable bonds is 5. The van der Waals surface area contributed by atoms with Gasteiger partial charge in [0.25, 0.3) is 0 Å². The normalized spacial score (nSPS) is 15.4. The number of amides is 3. The zero-order chi connectivity index (χ0) is 17.5. The van der Waals surface area contributed by atoms with Crippen LogP contribution in [0.3, 0.4) is 0 Å². The Balaban J connectivity index is 1.68. The summed E-state index contributed by atoms with van der Waals surface area (Å²) in [4.78, 5) is 26.9. The van der Waals surface area contributed by atoms with Gasteiger partial charge in [0, 0.05) is 31.0 Å². The maximum Gasteiger partial charge on any atom is 0.318 e. The maximum atomic E-state index is 12.6. The number of benzene rings is 1. The first-order chi connectivity index (χ1) is 12.2. The van der Waals surface area contributed by atoms with Crippen molar-refractivity contribution in [2.75, 3.05) is 29.9 Å². The van der Waals surface area contributed by atoms with E-state index in [-0.39, 0.29) is 11.9 Å². The summed E-state index contributed by atoms with van der Waals surface area (Å²) in [5, 5.41) is 13.5. The summed E-state index contributed by atoms with van der Waals surface area (Å²) >= 11 is 3.07. The quantitative estimate of drug-likeness (QED) is 0.830. The minimum absolute atomic E-state index is 0.200. The van der Waals surface area contributed by atoms with E-state index in [2.05, 4.69) is 20.8 Å². The van der Waals surface area contributed by atoms with Crippen molar-refractivity contribution in [3.05, 3.63) is 41.4 Å². The molecule has 3 rings (SSSR count). The number of aromatic nitrogens is 2. The molecule has 1 aromatic heterocycles. The third-order valence-electron chi connectivity index (χ3n) is 3.79. The predicted octanol–water partition coefficient (Wildman–Crippen LogP) is 1.85. The molecule has 0 unspecified atom stereocenters. The Morgan fingerprint density at radius 3 is 2.64 bits per heavy atom. The van der Waals surface area contributed by atoms with E-state index in [4.69, 9.17) is 0 Å². The Hall–Kier alpha value is -2.13. The molecule has 0 spiro atoms. The van der Waals surface area contributed by atoms with E-state index in [1.807, 2.05) is 42.1 Å². The van der Waals surface area contributed by atoms with E-state index in [0.29, 0.717) is 24.6 Å². The first-order valence-corrected chi connectivity index (χ1v) is 10.00. The van der Waals surface area contributed by atoms with Crippen molar-refractivity contribution in [2.24, 2.45) is 0 Å². The van der Waals surface area contributed by atoms with Crippen molar-refractivity contribution in [1.29, 1.82) is 0 Å². The second kappa shape index (κ2) is 8.82. The Morgan fingerprint density at radius 1 is 1.20 bits per heavy atom. The smallest absolute Gasteiger partial charge is 0.318 e. The third-order valence-corrected chi connectivity index (χ3v) is 5.33. The first kappa shape index (κ1) is 17.7. The van der Waals surface area contributed by atoms with Crippen LogP contribution >= 0.6 is 23.1 Å². The van der Waals surface area contributed by atoms with Gasteiger partial charge in [-0.3, -0.25) is 10.1 Å². The number of hydrogen-bond donors (Lipinski definition) is 2. The summed E-state index contributed by atoms with van der Waals surface area (Å²) < 4.78 is 0. The second-order valence-corrected chi connectivity index (χ2v) is 7.58. The fraction of sp³-hybridized carbons (Fsp3) is 0.375. The van der Waals surface area contributed by atoms with E-state index >= 15 is 0 Å². The summed E-state index contributed by atoms with van der Waals surface area (Å²) in [7, 11) is 0. The topological polar surface area (TPSA) is 87.2 Å². The fourth-order valence-electron chi connectivity index (χ4n) is 2.49. The number of urea groups is 1. The minimum atomic E-state index is -0.673. The predicted molar refractivity (Wildman–Crippen MR) is 99.9 cm³/mol. The van der Waals surface area contributed by atoms with Gasteiger partial charge in [-0.15, -0.1) is 10.2 Å². The van der Waals surface area contributed by atoms with Crippen LogP contribution in [0.25, 0.3) is 0 Å².